The molecule has 1 N–H and O–H groups in total. The zero-order chi connectivity index (χ0) is 21.0. The van der Waals surface area contributed by atoms with E-state index in [1.807, 2.05) is 32.9 Å². The molecule has 0 aliphatic heterocycles. The van der Waals surface area contributed by atoms with Gasteiger partial charge in [-0.1, -0.05) is 24.3 Å². The standard InChI is InChI=1S/C22H24N2O4S/c1-16(2)24(15-20-13-12-17(3)28-20)22(25)18-8-7-9-19(14-18)23-29(26,27)21-10-5-4-6-11-21/h4-14,16,23H,15H2,1-3H3. The van der Waals surface area contributed by atoms with Crippen molar-refractivity contribution in [2.45, 2.75) is 38.3 Å². The fourth-order valence-electron chi connectivity index (χ4n) is 2.92. The van der Waals surface area contributed by atoms with Crippen LogP contribution in [-0.2, 0) is 16.6 Å². The lowest BCUT2D eigenvalue weighted by atomic mass is 10.1. The van der Waals surface area contributed by atoms with Crippen LogP contribution in [0.4, 0.5) is 5.69 Å². The van der Waals surface area contributed by atoms with E-state index in [9.17, 15) is 13.2 Å². The molecule has 0 aliphatic rings. The number of nitrogens with one attached hydrogen (secondary N) is 1. The van der Waals surface area contributed by atoms with Crippen LogP contribution in [0, 0.1) is 6.92 Å². The maximum atomic E-state index is 13.1. The third kappa shape index (κ3) is 5.06. The molecule has 0 saturated heterocycles. The van der Waals surface area contributed by atoms with Gasteiger partial charge in [-0.2, -0.15) is 0 Å². The van der Waals surface area contributed by atoms with Gasteiger partial charge in [-0.3, -0.25) is 9.52 Å². The molecule has 3 aromatic rings. The Morgan fingerprint density at radius 1 is 1.03 bits per heavy atom. The zero-order valence-corrected chi connectivity index (χ0v) is 17.4. The van der Waals surface area contributed by atoms with Crippen molar-refractivity contribution in [3.05, 3.63) is 83.8 Å². The molecule has 0 unspecified atom stereocenters. The monoisotopic (exact) mass is 412 g/mol. The van der Waals surface area contributed by atoms with Crippen molar-refractivity contribution in [3.63, 3.8) is 0 Å². The summed E-state index contributed by atoms with van der Waals surface area (Å²) in [5, 5.41) is 0. The molecule has 3 rings (SSSR count). The molecule has 0 saturated carbocycles. The first-order valence-corrected chi connectivity index (χ1v) is 10.8. The van der Waals surface area contributed by atoms with Crippen molar-refractivity contribution in [2.24, 2.45) is 0 Å². The minimum absolute atomic E-state index is 0.0578. The van der Waals surface area contributed by atoms with E-state index >= 15 is 0 Å². The first kappa shape index (κ1) is 20.7. The van der Waals surface area contributed by atoms with Gasteiger partial charge in [-0.05, 0) is 63.2 Å². The molecule has 0 radical (unpaired) electrons. The number of carbonyl (C=O) groups excluding carboxylic acids is 1. The third-order valence-electron chi connectivity index (χ3n) is 4.42. The minimum atomic E-state index is -3.73. The van der Waals surface area contributed by atoms with Crippen molar-refractivity contribution in [1.82, 2.24) is 4.90 Å². The number of sulfonamides is 1. The predicted molar refractivity (Wildman–Crippen MR) is 112 cm³/mol. The van der Waals surface area contributed by atoms with Crippen LogP contribution in [-0.4, -0.2) is 25.3 Å². The van der Waals surface area contributed by atoms with Crippen LogP contribution in [0.3, 0.4) is 0 Å². The number of carbonyl (C=O) groups is 1. The number of anilines is 1. The smallest absolute Gasteiger partial charge is 0.261 e. The van der Waals surface area contributed by atoms with Crippen molar-refractivity contribution in [2.75, 3.05) is 4.72 Å². The first-order valence-electron chi connectivity index (χ1n) is 9.30. The van der Waals surface area contributed by atoms with Crippen molar-refractivity contribution < 1.29 is 17.6 Å². The van der Waals surface area contributed by atoms with Crippen molar-refractivity contribution in [1.29, 1.82) is 0 Å². The third-order valence-corrected chi connectivity index (χ3v) is 5.82. The van der Waals surface area contributed by atoms with Crippen LogP contribution in [0.25, 0.3) is 0 Å². The Bertz CT molecular complexity index is 1090. The summed E-state index contributed by atoms with van der Waals surface area (Å²) in [6, 6.07) is 18.2. The molecule has 2 aromatic carbocycles. The molecule has 7 heteroatoms. The summed E-state index contributed by atoms with van der Waals surface area (Å²) in [6.45, 7) is 6.04. The Morgan fingerprint density at radius 3 is 2.38 bits per heavy atom. The summed E-state index contributed by atoms with van der Waals surface area (Å²) >= 11 is 0. The van der Waals surface area contributed by atoms with E-state index in [1.165, 1.54) is 12.1 Å². The van der Waals surface area contributed by atoms with E-state index in [1.54, 1.807) is 47.4 Å². The summed E-state index contributed by atoms with van der Waals surface area (Å²) in [4.78, 5) is 14.9. The largest absolute Gasteiger partial charge is 0.464 e. The first-order chi connectivity index (χ1) is 13.8. The molecular formula is C22H24N2O4S. The molecular weight excluding hydrogens is 388 g/mol. The Balaban J connectivity index is 1.82. The van der Waals surface area contributed by atoms with E-state index in [0.717, 1.165) is 5.76 Å². The molecule has 29 heavy (non-hydrogen) atoms. The number of furan rings is 1. The lowest BCUT2D eigenvalue weighted by Crippen LogP contribution is -2.36. The lowest BCUT2D eigenvalue weighted by Gasteiger charge is -2.26. The van der Waals surface area contributed by atoms with Gasteiger partial charge in [-0.25, -0.2) is 8.42 Å². The van der Waals surface area contributed by atoms with Gasteiger partial charge in [0.25, 0.3) is 15.9 Å². The number of benzene rings is 2. The second kappa shape index (κ2) is 8.53. The van der Waals surface area contributed by atoms with Crippen LogP contribution in [0.5, 0.6) is 0 Å². The highest BCUT2D eigenvalue weighted by atomic mass is 32.2. The molecule has 152 valence electrons. The molecule has 6 nitrogen and oxygen atoms in total. The zero-order valence-electron chi connectivity index (χ0n) is 16.6. The molecule has 1 amide bonds. The van der Waals surface area contributed by atoms with Crippen LogP contribution in [0.15, 0.2) is 76.0 Å². The fourth-order valence-corrected chi connectivity index (χ4v) is 3.99. The molecule has 1 aromatic heterocycles. The van der Waals surface area contributed by atoms with Gasteiger partial charge in [0.1, 0.15) is 11.5 Å². The lowest BCUT2D eigenvalue weighted by molar-refractivity contribution is 0.0675. The van der Waals surface area contributed by atoms with Gasteiger partial charge in [0.2, 0.25) is 0 Å². The van der Waals surface area contributed by atoms with Gasteiger partial charge < -0.3 is 9.32 Å². The number of aryl methyl sites for hydroxylation is 1. The Kier molecular flexibility index (Phi) is 6.08. The molecule has 0 spiro atoms. The van der Waals surface area contributed by atoms with Crippen LogP contribution < -0.4 is 4.72 Å². The van der Waals surface area contributed by atoms with Gasteiger partial charge in [-0.15, -0.1) is 0 Å². The summed E-state index contributed by atoms with van der Waals surface area (Å²) in [6.07, 6.45) is 0. The second-order valence-corrected chi connectivity index (χ2v) is 8.72. The summed E-state index contributed by atoms with van der Waals surface area (Å²) in [5.41, 5.74) is 0.729. The van der Waals surface area contributed by atoms with Crippen LogP contribution in [0.2, 0.25) is 0 Å². The highest BCUT2D eigenvalue weighted by Gasteiger charge is 2.21. The highest BCUT2D eigenvalue weighted by molar-refractivity contribution is 7.92. The van der Waals surface area contributed by atoms with Gasteiger partial charge in [0.05, 0.1) is 11.4 Å². The van der Waals surface area contributed by atoms with Crippen LogP contribution >= 0.6 is 0 Å². The molecule has 1 heterocycles. The molecule has 0 aliphatic carbocycles. The van der Waals surface area contributed by atoms with E-state index < -0.39 is 10.0 Å². The van der Waals surface area contributed by atoms with Gasteiger partial charge in [0, 0.05) is 17.3 Å². The number of hydrogen-bond acceptors (Lipinski definition) is 4. The second-order valence-electron chi connectivity index (χ2n) is 7.04. The topological polar surface area (TPSA) is 79.6 Å². The highest BCUT2D eigenvalue weighted by Crippen LogP contribution is 2.20. The predicted octanol–water partition coefficient (Wildman–Crippen LogP) is 4.44. The van der Waals surface area contributed by atoms with E-state index in [4.69, 9.17) is 4.42 Å². The maximum absolute atomic E-state index is 13.1. The van der Waals surface area contributed by atoms with Crippen molar-refractivity contribution in [3.8, 4) is 0 Å². The molecule has 0 atom stereocenters. The number of hydrogen-bond donors (Lipinski definition) is 1. The Labute approximate surface area is 171 Å². The van der Waals surface area contributed by atoms with E-state index in [-0.39, 0.29) is 16.8 Å². The number of rotatable bonds is 7. The number of amides is 1. The number of nitrogens with zero attached hydrogens (tertiary/aromatic N) is 1. The minimum Gasteiger partial charge on any atom is -0.464 e. The maximum Gasteiger partial charge on any atom is 0.261 e. The average Bonchev–Trinajstić information content (AvgIpc) is 3.11. The van der Waals surface area contributed by atoms with E-state index in [0.29, 0.717) is 23.6 Å². The van der Waals surface area contributed by atoms with Gasteiger partial charge in [0.15, 0.2) is 0 Å². The fraction of sp³-hybridized carbons (Fsp3) is 0.227. The normalized spacial score (nSPS) is 11.4. The van der Waals surface area contributed by atoms with Crippen LogP contribution in [0.1, 0.15) is 35.7 Å². The summed E-state index contributed by atoms with van der Waals surface area (Å²) in [5.74, 6) is 1.29. The molecule has 0 fully saturated rings. The van der Waals surface area contributed by atoms with Gasteiger partial charge >= 0.3 is 0 Å². The SMILES string of the molecule is Cc1ccc(CN(C(=O)c2cccc(NS(=O)(=O)c3ccccc3)c2)C(C)C)o1. The summed E-state index contributed by atoms with van der Waals surface area (Å²) < 4.78 is 33.2. The Hall–Kier alpha value is -3.06. The Morgan fingerprint density at radius 2 is 1.76 bits per heavy atom. The molecule has 0 bridgehead atoms. The quantitative estimate of drug-likeness (QED) is 0.622. The van der Waals surface area contributed by atoms with E-state index in [2.05, 4.69) is 4.72 Å². The average molecular weight is 413 g/mol. The summed E-state index contributed by atoms with van der Waals surface area (Å²) in [7, 11) is -3.73. The van der Waals surface area contributed by atoms with Crippen molar-refractivity contribution >= 4 is 21.6 Å².